The molecular formula is C14H14BrCl2NO. The van der Waals surface area contributed by atoms with Gasteiger partial charge in [-0.25, -0.2) is 0 Å². The van der Waals surface area contributed by atoms with Crippen molar-refractivity contribution in [1.82, 2.24) is 5.32 Å². The highest BCUT2D eigenvalue weighted by Gasteiger charge is 2.13. The van der Waals surface area contributed by atoms with Crippen molar-refractivity contribution in [2.45, 2.75) is 26.4 Å². The van der Waals surface area contributed by atoms with Crippen LogP contribution in [-0.4, -0.2) is 6.04 Å². The van der Waals surface area contributed by atoms with Crippen LogP contribution >= 0.6 is 39.1 Å². The Bertz CT molecular complexity index is 581. The maximum atomic E-state index is 6.23. The molecule has 0 fully saturated rings. The van der Waals surface area contributed by atoms with E-state index in [2.05, 4.69) is 35.1 Å². The lowest BCUT2D eigenvalue weighted by molar-refractivity contribution is 0.473. The minimum Gasteiger partial charge on any atom is -0.460 e. The summed E-state index contributed by atoms with van der Waals surface area (Å²) >= 11 is 15.7. The van der Waals surface area contributed by atoms with Crippen LogP contribution in [0.1, 0.15) is 19.6 Å². The summed E-state index contributed by atoms with van der Waals surface area (Å²) in [6, 6.07) is 8.01. The molecule has 0 bridgehead atoms. The predicted octanol–water partition coefficient (Wildman–Crippen LogP) is 5.51. The summed E-state index contributed by atoms with van der Waals surface area (Å²) in [4.78, 5) is 0. The Hall–Kier alpha value is -0.480. The number of nitrogens with one attached hydrogen (secondary N) is 1. The first-order valence-electron chi connectivity index (χ1n) is 5.95. The number of benzene rings is 1. The molecule has 0 spiro atoms. The van der Waals surface area contributed by atoms with Gasteiger partial charge in [-0.15, -0.1) is 0 Å². The minimum atomic E-state index is 0.416. The SMILES string of the molecule is CC(C)NCc1ccc(-c2ccc(Br)c(Cl)c2Cl)o1. The van der Waals surface area contributed by atoms with Gasteiger partial charge in [-0.1, -0.05) is 37.0 Å². The van der Waals surface area contributed by atoms with Crippen molar-refractivity contribution in [2.75, 3.05) is 0 Å². The van der Waals surface area contributed by atoms with E-state index in [0.29, 0.717) is 22.6 Å². The fourth-order valence-corrected chi connectivity index (χ4v) is 2.51. The van der Waals surface area contributed by atoms with Gasteiger partial charge in [-0.2, -0.15) is 0 Å². The molecule has 102 valence electrons. The molecular weight excluding hydrogens is 349 g/mol. The summed E-state index contributed by atoms with van der Waals surface area (Å²) in [5.74, 6) is 1.60. The maximum Gasteiger partial charge on any atom is 0.135 e. The maximum absolute atomic E-state index is 6.23. The van der Waals surface area contributed by atoms with Crippen molar-refractivity contribution >= 4 is 39.1 Å². The van der Waals surface area contributed by atoms with Crippen LogP contribution in [-0.2, 0) is 6.54 Å². The molecule has 1 N–H and O–H groups in total. The number of hydrogen-bond acceptors (Lipinski definition) is 2. The standard InChI is InChI=1S/C14H14BrCl2NO/c1-8(2)18-7-9-3-6-12(19-9)10-4-5-11(15)14(17)13(10)16/h3-6,8,18H,7H2,1-2H3. The molecule has 0 saturated heterocycles. The van der Waals surface area contributed by atoms with Crippen LogP contribution < -0.4 is 5.32 Å². The highest BCUT2D eigenvalue weighted by Crippen LogP contribution is 2.38. The summed E-state index contributed by atoms with van der Waals surface area (Å²) in [7, 11) is 0. The molecule has 2 aromatic rings. The molecule has 5 heteroatoms. The van der Waals surface area contributed by atoms with Gasteiger partial charge in [0.15, 0.2) is 0 Å². The summed E-state index contributed by atoms with van der Waals surface area (Å²) in [6.45, 7) is 4.88. The summed E-state index contributed by atoms with van der Waals surface area (Å²) < 4.78 is 6.55. The van der Waals surface area contributed by atoms with Gasteiger partial charge in [0.25, 0.3) is 0 Å². The van der Waals surface area contributed by atoms with E-state index in [9.17, 15) is 0 Å². The Morgan fingerprint density at radius 2 is 1.89 bits per heavy atom. The van der Waals surface area contributed by atoms with Crippen molar-refractivity contribution in [3.8, 4) is 11.3 Å². The zero-order valence-corrected chi connectivity index (χ0v) is 13.7. The molecule has 0 amide bonds. The molecule has 0 aliphatic rings. The van der Waals surface area contributed by atoms with Gasteiger partial charge in [-0.05, 0) is 40.2 Å². The number of furan rings is 1. The molecule has 0 aliphatic carbocycles. The Kier molecular flexibility index (Phi) is 4.96. The van der Waals surface area contributed by atoms with Crippen molar-refractivity contribution in [1.29, 1.82) is 0 Å². The first kappa shape index (κ1) is 14.9. The molecule has 2 rings (SSSR count). The van der Waals surface area contributed by atoms with Crippen molar-refractivity contribution in [3.63, 3.8) is 0 Å². The third-order valence-corrected chi connectivity index (χ3v) is 4.42. The lowest BCUT2D eigenvalue weighted by Crippen LogP contribution is -2.21. The molecule has 0 aliphatic heterocycles. The zero-order chi connectivity index (χ0) is 14.0. The van der Waals surface area contributed by atoms with Crippen LogP contribution in [0.2, 0.25) is 10.0 Å². The smallest absolute Gasteiger partial charge is 0.135 e. The molecule has 19 heavy (non-hydrogen) atoms. The fraction of sp³-hybridized carbons (Fsp3) is 0.286. The lowest BCUT2D eigenvalue weighted by Gasteiger charge is -2.06. The van der Waals surface area contributed by atoms with Gasteiger partial charge in [0.2, 0.25) is 0 Å². The average molecular weight is 363 g/mol. The number of rotatable bonds is 4. The second-order valence-corrected chi connectivity index (χ2v) is 6.13. The summed E-state index contributed by atoms with van der Waals surface area (Å²) in [5, 5.41) is 4.29. The van der Waals surface area contributed by atoms with Gasteiger partial charge in [0, 0.05) is 16.1 Å². The lowest BCUT2D eigenvalue weighted by atomic mass is 10.2. The molecule has 0 radical (unpaired) electrons. The fourth-order valence-electron chi connectivity index (χ4n) is 1.64. The number of halogens is 3. The third kappa shape index (κ3) is 3.54. The van der Waals surface area contributed by atoms with E-state index in [-0.39, 0.29) is 0 Å². The Balaban J connectivity index is 2.26. The first-order valence-corrected chi connectivity index (χ1v) is 7.50. The van der Waals surface area contributed by atoms with Gasteiger partial charge in [0.1, 0.15) is 11.5 Å². The van der Waals surface area contributed by atoms with Crippen LogP contribution in [0, 0.1) is 0 Å². The Labute approximate surface area is 131 Å². The van der Waals surface area contributed by atoms with E-state index in [1.165, 1.54) is 0 Å². The minimum absolute atomic E-state index is 0.416. The molecule has 1 aromatic carbocycles. The topological polar surface area (TPSA) is 25.2 Å². The first-order chi connectivity index (χ1) is 8.99. The van der Waals surface area contributed by atoms with Gasteiger partial charge in [0.05, 0.1) is 16.6 Å². The van der Waals surface area contributed by atoms with Gasteiger partial charge in [-0.3, -0.25) is 0 Å². The summed E-state index contributed by atoms with van der Waals surface area (Å²) in [5.41, 5.74) is 0.797. The zero-order valence-electron chi connectivity index (χ0n) is 10.6. The molecule has 1 aromatic heterocycles. The molecule has 1 heterocycles. The Morgan fingerprint density at radius 3 is 2.58 bits per heavy atom. The normalized spacial score (nSPS) is 11.3. The highest BCUT2D eigenvalue weighted by molar-refractivity contribution is 9.10. The van der Waals surface area contributed by atoms with E-state index in [1.54, 1.807) is 0 Å². The highest BCUT2D eigenvalue weighted by atomic mass is 79.9. The van der Waals surface area contributed by atoms with Crippen molar-refractivity contribution in [3.05, 3.63) is 44.5 Å². The molecule has 0 unspecified atom stereocenters. The molecule has 2 nitrogen and oxygen atoms in total. The largest absolute Gasteiger partial charge is 0.460 e. The monoisotopic (exact) mass is 361 g/mol. The van der Waals surface area contributed by atoms with Crippen molar-refractivity contribution < 1.29 is 4.42 Å². The number of hydrogen-bond donors (Lipinski definition) is 1. The second kappa shape index (κ2) is 6.31. The molecule has 0 saturated carbocycles. The van der Waals surface area contributed by atoms with E-state index in [1.807, 2.05) is 24.3 Å². The second-order valence-electron chi connectivity index (χ2n) is 4.52. The van der Waals surface area contributed by atoms with Crippen LogP contribution in [0.15, 0.2) is 33.2 Å². The van der Waals surface area contributed by atoms with Crippen molar-refractivity contribution in [2.24, 2.45) is 0 Å². The van der Waals surface area contributed by atoms with Crippen LogP contribution in [0.5, 0.6) is 0 Å². The van der Waals surface area contributed by atoms with E-state index < -0.39 is 0 Å². The summed E-state index contributed by atoms with van der Waals surface area (Å²) in [6.07, 6.45) is 0. The van der Waals surface area contributed by atoms with E-state index in [0.717, 1.165) is 21.6 Å². The quantitative estimate of drug-likeness (QED) is 0.725. The predicted molar refractivity (Wildman–Crippen MR) is 83.8 cm³/mol. The van der Waals surface area contributed by atoms with E-state index in [4.69, 9.17) is 27.6 Å². The average Bonchev–Trinajstić information content (AvgIpc) is 2.82. The third-order valence-electron chi connectivity index (χ3n) is 2.65. The van der Waals surface area contributed by atoms with Crippen LogP contribution in [0.3, 0.4) is 0 Å². The molecule has 0 atom stereocenters. The Morgan fingerprint density at radius 1 is 1.16 bits per heavy atom. The van der Waals surface area contributed by atoms with Crippen LogP contribution in [0.4, 0.5) is 0 Å². The van der Waals surface area contributed by atoms with Gasteiger partial charge >= 0.3 is 0 Å². The van der Waals surface area contributed by atoms with E-state index >= 15 is 0 Å². The van der Waals surface area contributed by atoms with Crippen LogP contribution in [0.25, 0.3) is 11.3 Å². The van der Waals surface area contributed by atoms with Gasteiger partial charge < -0.3 is 9.73 Å².